The molecule has 0 bridgehead atoms. The largest absolute Gasteiger partial charge is 0.437 e. The summed E-state index contributed by atoms with van der Waals surface area (Å²) in [5.74, 6) is 0.609. The molecular weight excluding hydrogens is 362 g/mol. The molecule has 0 unspecified atom stereocenters. The fraction of sp³-hybridized carbons (Fsp3) is 0. The van der Waals surface area contributed by atoms with E-state index in [0.29, 0.717) is 5.89 Å². The monoisotopic (exact) mass is 375 g/mol. The van der Waals surface area contributed by atoms with Crippen LogP contribution in [-0.2, 0) is 0 Å². The quantitative estimate of drug-likeness (QED) is 0.412. The molecular formula is C21H14BrNO. The second-order valence-electron chi connectivity index (χ2n) is 5.49. The van der Waals surface area contributed by atoms with E-state index in [1.807, 2.05) is 60.7 Å². The molecule has 0 saturated heterocycles. The van der Waals surface area contributed by atoms with Crippen molar-refractivity contribution in [1.29, 1.82) is 0 Å². The highest BCUT2D eigenvalue weighted by molar-refractivity contribution is 9.10. The van der Waals surface area contributed by atoms with Gasteiger partial charge >= 0.3 is 0 Å². The van der Waals surface area contributed by atoms with E-state index < -0.39 is 0 Å². The predicted molar refractivity (Wildman–Crippen MR) is 103 cm³/mol. The molecule has 116 valence electrons. The summed E-state index contributed by atoms with van der Waals surface area (Å²) in [6.07, 6.45) is 3.89. The molecule has 3 heteroatoms. The van der Waals surface area contributed by atoms with Crippen molar-refractivity contribution in [1.82, 2.24) is 4.98 Å². The number of rotatable bonds is 3. The molecule has 1 aromatic heterocycles. The molecule has 2 nitrogen and oxygen atoms in total. The molecule has 4 aromatic rings. The van der Waals surface area contributed by atoms with E-state index in [4.69, 9.17) is 4.42 Å². The first-order chi connectivity index (χ1) is 11.8. The molecule has 0 amide bonds. The van der Waals surface area contributed by atoms with Crippen molar-refractivity contribution in [3.63, 3.8) is 0 Å². The van der Waals surface area contributed by atoms with Gasteiger partial charge < -0.3 is 4.42 Å². The molecule has 0 aliphatic heterocycles. The molecule has 0 saturated carbocycles. The smallest absolute Gasteiger partial charge is 0.220 e. The number of benzene rings is 3. The van der Waals surface area contributed by atoms with Crippen molar-refractivity contribution in [3.05, 3.63) is 88.7 Å². The molecule has 0 N–H and O–H groups in total. The maximum atomic E-state index is 5.80. The van der Waals surface area contributed by atoms with Gasteiger partial charge in [-0.15, -0.1) is 0 Å². The molecule has 1 heterocycles. The van der Waals surface area contributed by atoms with Crippen LogP contribution in [0.2, 0.25) is 0 Å². The van der Waals surface area contributed by atoms with Gasteiger partial charge in [0.2, 0.25) is 5.89 Å². The fourth-order valence-electron chi connectivity index (χ4n) is 2.57. The highest BCUT2D eigenvalue weighted by Gasteiger charge is 2.05. The lowest BCUT2D eigenvalue weighted by atomic mass is 10.1. The van der Waals surface area contributed by atoms with Gasteiger partial charge in [-0.1, -0.05) is 64.5 Å². The van der Waals surface area contributed by atoms with Crippen LogP contribution < -0.4 is 0 Å². The minimum Gasteiger partial charge on any atom is -0.437 e. The predicted octanol–water partition coefficient (Wildman–Crippen LogP) is 6.43. The summed E-state index contributed by atoms with van der Waals surface area (Å²) in [5, 5.41) is 0. The van der Waals surface area contributed by atoms with Crippen molar-refractivity contribution in [2.45, 2.75) is 0 Å². The van der Waals surface area contributed by atoms with Crippen LogP contribution in [0.3, 0.4) is 0 Å². The Balaban J connectivity index is 1.64. The number of nitrogens with zero attached hydrogens (tertiary/aromatic N) is 1. The van der Waals surface area contributed by atoms with Gasteiger partial charge in [0, 0.05) is 10.5 Å². The summed E-state index contributed by atoms with van der Waals surface area (Å²) in [6.45, 7) is 0. The number of hydrogen-bond acceptors (Lipinski definition) is 2. The van der Waals surface area contributed by atoms with Crippen LogP contribution in [0, 0.1) is 0 Å². The maximum Gasteiger partial charge on any atom is 0.220 e. The Morgan fingerprint density at radius 3 is 2.38 bits per heavy atom. The van der Waals surface area contributed by atoms with Gasteiger partial charge in [-0.3, -0.25) is 0 Å². The average molecular weight is 376 g/mol. The third kappa shape index (κ3) is 3.17. The minimum atomic E-state index is 0.609. The Morgan fingerprint density at radius 1 is 0.792 bits per heavy atom. The Bertz CT molecular complexity index is 1000. The van der Waals surface area contributed by atoms with E-state index in [9.17, 15) is 0 Å². The lowest BCUT2D eigenvalue weighted by Gasteiger charge is -1.99. The third-order valence-electron chi connectivity index (χ3n) is 3.80. The molecule has 0 fully saturated rings. The van der Waals surface area contributed by atoms with E-state index in [1.165, 1.54) is 5.56 Å². The van der Waals surface area contributed by atoms with Crippen LogP contribution in [0.5, 0.6) is 0 Å². The Kier molecular flexibility index (Phi) is 4.01. The van der Waals surface area contributed by atoms with Gasteiger partial charge in [-0.25, -0.2) is 4.98 Å². The van der Waals surface area contributed by atoms with Gasteiger partial charge in [0.1, 0.15) is 5.52 Å². The third-order valence-corrected chi connectivity index (χ3v) is 4.33. The lowest BCUT2D eigenvalue weighted by Crippen LogP contribution is -1.77. The summed E-state index contributed by atoms with van der Waals surface area (Å²) < 4.78 is 6.86. The highest BCUT2D eigenvalue weighted by atomic mass is 79.9. The van der Waals surface area contributed by atoms with E-state index in [0.717, 1.165) is 26.7 Å². The first-order valence-corrected chi connectivity index (χ1v) is 8.47. The summed E-state index contributed by atoms with van der Waals surface area (Å²) in [6, 6.07) is 24.5. The number of fused-ring (bicyclic) bond motifs is 1. The molecule has 0 aliphatic carbocycles. The summed E-state index contributed by atoms with van der Waals surface area (Å²) in [5.41, 5.74) is 5.08. The SMILES string of the molecule is Brc1ccc(/C=C\c2nc3cc(-c4ccccc4)ccc3o2)cc1. The molecule has 4 rings (SSSR count). The summed E-state index contributed by atoms with van der Waals surface area (Å²) in [4.78, 5) is 4.57. The molecule has 3 aromatic carbocycles. The lowest BCUT2D eigenvalue weighted by molar-refractivity contribution is 0.590. The minimum absolute atomic E-state index is 0.609. The normalized spacial score (nSPS) is 11.4. The van der Waals surface area contributed by atoms with E-state index >= 15 is 0 Å². The topological polar surface area (TPSA) is 26.0 Å². The standard InChI is InChI=1S/C21H14BrNO/c22-18-10-6-15(7-11-18)8-13-21-23-19-14-17(9-12-20(19)24-21)16-4-2-1-3-5-16/h1-14H/b13-8-. The average Bonchev–Trinajstić information content (AvgIpc) is 3.04. The number of aromatic nitrogens is 1. The Labute approximate surface area is 148 Å². The fourth-order valence-corrected chi connectivity index (χ4v) is 2.83. The van der Waals surface area contributed by atoms with Crippen molar-refractivity contribution < 1.29 is 4.42 Å². The van der Waals surface area contributed by atoms with E-state index in [2.05, 4.69) is 45.2 Å². The second-order valence-corrected chi connectivity index (χ2v) is 6.40. The van der Waals surface area contributed by atoms with E-state index in [1.54, 1.807) is 0 Å². The molecule has 0 spiro atoms. The number of halogens is 1. The second kappa shape index (κ2) is 6.46. The Hall–Kier alpha value is -2.65. The number of oxazole rings is 1. The van der Waals surface area contributed by atoms with Crippen molar-refractivity contribution in [3.8, 4) is 11.1 Å². The zero-order valence-corrected chi connectivity index (χ0v) is 14.4. The van der Waals surface area contributed by atoms with Gasteiger partial charge in [0.15, 0.2) is 5.58 Å². The van der Waals surface area contributed by atoms with Crippen LogP contribution in [0.15, 0.2) is 81.7 Å². The van der Waals surface area contributed by atoms with Crippen molar-refractivity contribution in [2.75, 3.05) is 0 Å². The van der Waals surface area contributed by atoms with Crippen LogP contribution >= 0.6 is 15.9 Å². The zero-order chi connectivity index (χ0) is 16.4. The van der Waals surface area contributed by atoms with Crippen molar-refractivity contribution in [2.24, 2.45) is 0 Å². The number of hydrogen-bond donors (Lipinski definition) is 0. The molecule has 0 atom stereocenters. The van der Waals surface area contributed by atoms with Gasteiger partial charge in [0.05, 0.1) is 0 Å². The van der Waals surface area contributed by atoms with Crippen LogP contribution in [0.1, 0.15) is 11.5 Å². The Morgan fingerprint density at radius 2 is 1.58 bits per heavy atom. The first kappa shape index (κ1) is 14.9. The van der Waals surface area contributed by atoms with Crippen LogP contribution in [0.4, 0.5) is 0 Å². The van der Waals surface area contributed by atoms with Crippen LogP contribution in [-0.4, -0.2) is 4.98 Å². The zero-order valence-electron chi connectivity index (χ0n) is 12.8. The van der Waals surface area contributed by atoms with Crippen molar-refractivity contribution >= 4 is 39.2 Å². The van der Waals surface area contributed by atoms with Crippen LogP contribution in [0.25, 0.3) is 34.4 Å². The van der Waals surface area contributed by atoms with Gasteiger partial charge in [0.25, 0.3) is 0 Å². The van der Waals surface area contributed by atoms with E-state index in [-0.39, 0.29) is 0 Å². The maximum absolute atomic E-state index is 5.80. The first-order valence-electron chi connectivity index (χ1n) is 7.68. The molecule has 24 heavy (non-hydrogen) atoms. The highest BCUT2D eigenvalue weighted by Crippen LogP contribution is 2.25. The summed E-state index contributed by atoms with van der Waals surface area (Å²) in [7, 11) is 0. The molecule has 0 aliphatic rings. The van der Waals surface area contributed by atoms with Gasteiger partial charge in [-0.2, -0.15) is 0 Å². The summed E-state index contributed by atoms with van der Waals surface area (Å²) >= 11 is 3.44. The molecule has 0 radical (unpaired) electrons. The van der Waals surface area contributed by atoms with Gasteiger partial charge in [-0.05, 0) is 47.0 Å².